The molecule has 2 aromatic carbocycles. The van der Waals surface area contributed by atoms with E-state index >= 15 is 0 Å². The highest BCUT2D eigenvalue weighted by Crippen LogP contribution is 2.20. The van der Waals surface area contributed by atoms with Gasteiger partial charge in [0.25, 0.3) is 0 Å². The minimum absolute atomic E-state index is 0.0551. The zero-order chi connectivity index (χ0) is 15.3. The molecule has 4 nitrogen and oxygen atoms in total. The Kier molecular flexibility index (Phi) is 4.97. The van der Waals surface area contributed by atoms with Gasteiger partial charge in [-0.25, -0.2) is 13.1 Å². The van der Waals surface area contributed by atoms with Crippen molar-refractivity contribution in [2.75, 3.05) is 6.54 Å². The van der Waals surface area contributed by atoms with Crippen LogP contribution in [0.2, 0.25) is 5.02 Å². The molecule has 1 N–H and O–H groups in total. The molecule has 0 aliphatic heterocycles. The number of nitriles is 1. The Hall–Kier alpha value is -1.87. The minimum Gasteiger partial charge on any atom is -0.211 e. The maximum atomic E-state index is 12.1. The van der Waals surface area contributed by atoms with Gasteiger partial charge in [0.1, 0.15) is 6.07 Å². The van der Waals surface area contributed by atoms with E-state index in [9.17, 15) is 8.42 Å². The van der Waals surface area contributed by atoms with Gasteiger partial charge in [-0.15, -0.1) is 0 Å². The number of hydrogen-bond donors (Lipinski definition) is 1. The summed E-state index contributed by atoms with van der Waals surface area (Å²) in [6.45, 7) is 0.296. The van der Waals surface area contributed by atoms with E-state index in [0.29, 0.717) is 13.0 Å². The van der Waals surface area contributed by atoms with E-state index in [0.717, 1.165) is 5.56 Å². The van der Waals surface area contributed by atoms with Gasteiger partial charge in [0.15, 0.2) is 0 Å². The maximum Gasteiger partial charge on any atom is 0.240 e. The van der Waals surface area contributed by atoms with Gasteiger partial charge in [-0.2, -0.15) is 5.26 Å². The molecule has 0 aromatic heterocycles. The van der Waals surface area contributed by atoms with Crippen molar-refractivity contribution in [1.29, 1.82) is 5.26 Å². The molecule has 0 saturated carbocycles. The Morgan fingerprint density at radius 1 is 1.14 bits per heavy atom. The van der Waals surface area contributed by atoms with Crippen LogP contribution in [-0.2, 0) is 16.4 Å². The normalized spacial score (nSPS) is 11.0. The van der Waals surface area contributed by atoms with Gasteiger partial charge in [0, 0.05) is 6.54 Å². The molecule has 0 heterocycles. The van der Waals surface area contributed by atoms with E-state index in [2.05, 4.69) is 4.72 Å². The molecule has 0 spiro atoms. The number of benzene rings is 2. The van der Waals surface area contributed by atoms with Crippen LogP contribution in [0.1, 0.15) is 11.1 Å². The third-order valence-electron chi connectivity index (χ3n) is 2.92. The summed E-state index contributed by atoms with van der Waals surface area (Å²) in [7, 11) is -3.62. The van der Waals surface area contributed by atoms with Crippen molar-refractivity contribution in [1.82, 2.24) is 4.72 Å². The van der Waals surface area contributed by atoms with E-state index in [-0.39, 0.29) is 15.5 Å². The summed E-state index contributed by atoms with van der Waals surface area (Å²) in [6, 6.07) is 15.5. The molecular weight excluding hydrogens is 308 g/mol. The van der Waals surface area contributed by atoms with E-state index in [1.165, 1.54) is 18.2 Å². The van der Waals surface area contributed by atoms with Crippen LogP contribution in [0.5, 0.6) is 0 Å². The second kappa shape index (κ2) is 6.72. The minimum atomic E-state index is -3.62. The summed E-state index contributed by atoms with van der Waals surface area (Å²) >= 11 is 5.85. The van der Waals surface area contributed by atoms with Crippen molar-refractivity contribution < 1.29 is 8.42 Å². The Balaban J connectivity index is 2.05. The van der Waals surface area contributed by atoms with Crippen LogP contribution in [0, 0.1) is 11.3 Å². The number of nitrogens with zero attached hydrogens (tertiary/aromatic N) is 1. The fourth-order valence-corrected chi connectivity index (χ4v) is 3.16. The first-order valence-electron chi connectivity index (χ1n) is 6.26. The Bertz CT molecular complexity index is 768. The molecule has 0 unspecified atom stereocenters. The van der Waals surface area contributed by atoms with Crippen LogP contribution in [0.3, 0.4) is 0 Å². The first-order valence-corrected chi connectivity index (χ1v) is 8.12. The average molecular weight is 321 g/mol. The fraction of sp³-hybridized carbons (Fsp3) is 0.133. The molecule has 0 fully saturated rings. The molecule has 0 saturated heterocycles. The molecule has 108 valence electrons. The van der Waals surface area contributed by atoms with Crippen molar-refractivity contribution in [3.63, 3.8) is 0 Å². The van der Waals surface area contributed by atoms with Crippen LogP contribution in [0.4, 0.5) is 0 Å². The van der Waals surface area contributed by atoms with Crippen LogP contribution in [0.25, 0.3) is 0 Å². The van der Waals surface area contributed by atoms with E-state index < -0.39 is 10.0 Å². The summed E-state index contributed by atoms with van der Waals surface area (Å²) in [4.78, 5) is 0.0551. The largest absolute Gasteiger partial charge is 0.240 e. The third-order valence-corrected chi connectivity index (χ3v) is 4.69. The number of nitrogens with one attached hydrogen (secondary N) is 1. The molecule has 6 heteroatoms. The van der Waals surface area contributed by atoms with Crippen molar-refractivity contribution >= 4 is 21.6 Å². The summed E-state index contributed by atoms with van der Waals surface area (Å²) in [6.07, 6.45) is 0.601. The molecular formula is C15H13ClN2O2S. The summed E-state index contributed by atoms with van der Waals surface area (Å²) in [5.41, 5.74) is 1.30. The molecule has 21 heavy (non-hydrogen) atoms. The molecule has 2 aromatic rings. The van der Waals surface area contributed by atoms with Gasteiger partial charge in [-0.3, -0.25) is 0 Å². The Morgan fingerprint density at radius 2 is 1.86 bits per heavy atom. The van der Waals surface area contributed by atoms with Gasteiger partial charge in [0.2, 0.25) is 10.0 Å². The second-order valence-corrected chi connectivity index (χ2v) is 6.56. The first-order chi connectivity index (χ1) is 10.0. The van der Waals surface area contributed by atoms with Crippen molar-refractivity contribution in [3.05, 3.63) is 64.7 Å². The van der Waals surface area contributed by atoms with Crippen molar-refractivity contribution in [2.24, 2.45) is 0 Å². The predicted molar refractivity (Wildman–Crippen MR) is 81.5 cm³/mol. The van der Waals surface area contributed by atoms with Crippen LogP contribution in [-0.4, -0.2) is 15.0 Å². The molecule has 0 bridgehead atoms. The van der Waals surface area contributed by atoms with Crippen LogP contribution >= 0.6 is 11.6 Å². The van der Waals surface area contributed by atoms with E-state index in [1.54, 1.807) is 0 Å². The number of halogens is 1. The fourth-order valence-electron chi connectivity index (χ4n) is 1.81. The molecule has 0 aliphatic carbocycles. The summed E-state index contributed by atoms with van der Waals surface area (Å²) in [5.74, 6) is 0. The standard InChI is InChI=1S/C15H13ClN2O2S/c16-15-10-14(7-6-13(15)11-17)21(19,20)18-9-8-12-4-2-1-3-5-12/h1-7,10,18H,8-9H2. The zero-order valence-electron chi connectivity index (χ0n) is 11.1. The average Bonchev–Trinajstić information content (AvgIpc) is 2.48. The monoisotopic (exact) mass is 320 g/mol. The zero-order valence-corrected chi connectivity index (χ0v) is 12.7. The second-order valence-electron chi connectivity index (χ2n) is 4.39. The van der Waals surface area contributed by atoms with Gasteiger partial charge in [-0.05, 0) is 30.2 Å². The quantitative estimate of drug-likeness (QED) is 0.921. The van der Waals surface area contributed by atoms with Crippen LogP contribution < -0.4 is 4.72 Å². The smallest absolute Gasteiger partial charge is 0.211 e. The highest BCUT2D eigenvalue weighted by atomic mass is 35.5. The van der Waals surface area contributed by atoms with E-state index in [1.807, 2.05) is 36.4 Å². The van der Waals surface area contributed by atoms with Crippen molar-refractivity contribution in [3.8, 4) is 6.07 Å². The Morgan fingerprint density at radius 3 is 2.48 bits per heavy atom. The molecule has 0 radical (unpaired) electrons. The third kappa shape index (κ3) is 4.05. The summed E-state index contributed by atoms with van der Waals surface area (Å²) in [5, 5.41) is 8.91. The number of hydrogen-bond acceptors (Lipinski definition) is 3. The maximum absolute atomic E-state index is 12.1. The highest BCUT2D eigenvalue weighted by molar-refractivity contribution is 7.89. The molecule has 0 aliphatic rings. The topological polar surface area (TPSA) is 70.0 Å². The lowest BCUT2D eigenvalue weighted by atomic mass is 10.2. The first kappa shape index (κ1) is 15.5. The molecule has 2 rings (SSSR count). The highest BCUT2D eigenvalue weighted by Gasteiger charge is 2.15. The molecule has 0 atom stereocenters. The number of rotatable bonds is 5. The van der Waals surface area contributed by atoms with Gasteiger partial charge >= 0.3 is 0 Å². The van der Waals surface area contributed by atoms with E-state index in [4.69, 9.17) is 16.9 Å². The van der Waals surface area contributed by atoms with Gasteiger partial charge in [0.05, 0.1) is 15.5 Å². The number of sulfonamides is 1. The molecule has 0 amide bonds. The lowest BCUT2D eigenvalue weighted by Gasteiger charge is -2.07. The van der Waals surface area contributed by atoms with Gasteiger partial charge in [-0.1, -0.05) is 41.9 Å². The lowest BCUT2D eigenvalue weighted by Crippen LogP contribution is -2.26. The lowest BCUT2D eigenvalue weighted by molar-refractivity contribution is 0.581. The van der Waals surface area contributed by atoms with Crippen molar-refractivity contribution in [2.45, 2.75) is 11.3 Å². The Labute approximate surface area is 129 Å². The van der Waals surface area contributed by atoms with Crippen LogP contribution in [0.15, 0.2) is 53.4 Å². The predicted octanol–water partition coefficient (Wildman–Crippen LogP) is 2.73. The SMILES string of the molecule is N#Cc1ccc(S(=O)(=O)NCCc2ccccc2)cc1Cl. The summed E-state index contributed by atoms with van der Waals surface area (Å²) < 4.78 is 26.8. The van der Waals surface area contributed by atoms with Gasteiger partial charge < -0.3 is 0 Å².